The Morgan fingerprint density at radius 1 is 0.667 bits per heavy atom. The van der Waals surface area contributed by atoms with Crippen molar-refractivity contribution in [3.8, 4) is 23.0 Å². The van der Waals surface area contributed by atoms with E-state index in [2.05, 4.69) is 40.8 Å². The molecule has 4 aliphatic heterocycles. The molecule has 0 radical (unpaired) electrons. The van der Waals surface area contributed by atoms with Gasteiger partial charge in [-0.2, -0.15) is 26.3 Å². The van der Waals surface area contributed by atoms with Crippen LogP contribution in [0.25, 0.3) is 0 Å². The number of benzene rings is 3. The molecule has 0 saturated carbocycles. The van der Waals surface area contributed by atoms with Crippen LogP contribution in [0.3, 0.4) is 0 Å². The van der Waals surface area contributed by atoms with Crippen LogP contribution in [-0.4, -0.2) is 200 Å². The number of nitrogens with zero attached hydrogens (tertiary/aromatic N) is 7. The lowest BCUT2D eigenvalue weighted by molar-refractivity contribution is -0.159. The van der Waals surface area contributed by atoms with Gasteiger partial charge in [0.15, 0.2) is 13.2 Å². The van der Waals surface area contributed by atoms with E-state index < -0.39 is 70.0 Å². The number of amides is 3. The number of esters is 2. The number of carbonyl (C=O) groups is 6. The number of carboxylic acid groups (broad SMARTS) is 1. The number of nitrogens with one attached hydrogen (secondary N) is 1. The van der Waals surface area contributed by atoms with Gasteiger partial charge in [-0.15, -0.1) is 36.2 Å². The number of alkyl halides is 7. The summed E-state index contributed by atoms with van der Waals surface area (Å²) in [5.74, 6) is -2.24. The highest BCUT2D eigenvalue weighted by molar-refractivity contribution is 9.09. The quantitative estimate of drug-likeness (QED) is 0.0319. The number of carboxylic acids is 1. The van der Waals surface area contributed by atoms with E-state index in [1.54, 1.807) is 62.1 Å². The Morgan fingerprint density at radius 3 is 1.67 bits per heavy atom. The van der Waals surface area contributed by atoms with E-state index in [1.807, 2.05) is 62.1 Å². The number of phenols is 1. The second-order valence-corrected chi connectivity index (χ2v) is 24.5. The highest BCUT2D eigenvalue weighted by atomic mass is 79.9. The largest absolute Gasteiger partial charge is 0.506 e. The third-order valence-electron chi connectivity index (χ3n) is 15.2. The Morgan fingerprint density at radius 2 is 1.18 bits per heavy atom. The molecule has 3 aromatic carbocycles. The van der Waals surface area contributed by atoms with Crippen LogP contribution < -0.4 is 34.2 Å². The van der Waals surface area contributed by atoms with E-state index in [9.17, 15) is 60.2 Å². The van der Waals surface area contributed by atoms with E-state index in [1.165, 1.54) is 9.80 Å². The first-order chi connectivity index (χ1) is 45.6. The molecule has 4 fully saturated rings. The molecule has 4 saturated heterocycles. The van der Waals surface area contributed by atoms with Gasteiger partial charge in [0.2, 0.25) is 5.60 Å². The molecule has 5 aromatic rings. The molecule has 2 atom stereocenters. The number of anilines is 3. The summed E-state index contributed by atoms with van der Waals surface area (Å²) in [6.07, 6.45) is -7.53. The summed E-state index contributed by atoms with van der Waals surface area (Å²) in [4.78, 5) is 86.6. The van der Waals surface area contributed by atoms with Gasteiger partial charge in [0.1, 0.15) is 38.8 Å². The topological polar surface area (TPSA) is 243 Å². The molecule has 102 heavy (non-hydrogen) atoms. The number of pyridine rings is 1. The molecule has 4 aliphatic rings. The SMILES string of the molecule is C.C.C.C.CC(C)(C)OC(=O)N1CCN(c2ccccc2O)CC1.CCC[C@H]1N(C(=O)c2cnccc2C(F)(F)F)CCC[C@@]1(Oc1csc(C(F)(F)F)c1)C(=O)N1CCN(c2ccccc2OCC(=O)O)CC1.CCOC(=O)CBr.CCOC(=O)COc1ccccc1N1CCNCC1.Cl.Cl. The predicted octanol–water partition coefficient (Wildman–Crippen LogP) is 14.0. The van der Waals surface area contributed by atoms with Crippen LogP contribution >= 0.6 is 52.1 Å². The lowest BCUT2D eigenvalue weighted by Gasteiger charge is -2.50. The number of halogens is 9. The third-order valence-corrected chi connectivity index (χ3v) is 16.6. The maximum atomic E-state index is 14.7. The smallest absolute Gasteiger partial charge is 0.425 e. The fraction of sp³-hybridized carbons (Fsp3) is 0.529. The minimum atomic E-state index is -4.88. The predicted molar refractivity (Wildman–Crippen MR) is 393 cm³/mol. The Bertz CT molecular complexity index is 3360. The molecule has 9 rings (SSSR count). The normalized spacial score (nSPS) is 16.4. The second-order valence-electron chi connectivity index (χ2n) is 23.1. The molecule has 0 unspecified atom stereocenters. The zero-order valence-electron chi connectivity index (χ0n) is 55.2. The molecule has 3 N–H and O–H groups in total. The molecule has 574 valence electrons. The molecular weight excluding hydrogens is 1470 g/mol. The fourth-order valence-corrected chi connectivity index (χ4v) is 11.8. The van der Waals surface area contributed by atoms with Crippen LogP contribution in [0.4, 0.5) is 48.2 Å². The first-order valence-electron chi connectivity index (χ1n) is 31.3. The third kappa shape index (κ3) is 27.5. The molecular formula is C70H101BrCl2F6N8O14S. The van der Waals surface area contributed by atoms with Gasteiger partial charge < -0.3 is 73.4 Å². The molecule has 0 aliphatic carbocycles. The van der Waals surface area contributed by atoms with Gasteiger partial charge >= 0.3 is 36.4 Å². The minimum absolute atomic E-state index is 0. The van der Waals surface area contributed by atoms with Gasteiger partial charge in [-0.25, -0.2) is 14.4 Å². The molecule has 22 nitrogen and oxygen atoms in total. The number of hydrogen-bond acceptors (Lipinski definition) is 19. The lowest BCUT2D eigenvalue weighted by Crippen LogP contribution is -2.69. The van der Waals surface area contributed by atoms with Crippen molar-refractivity contribution in [1.29, 1.82) is 0 Å². The van der Waals surface area contributed by atoms with E-state index >= 15 is 0 Å². The average molecular weight is 1580 g/mol. The number of phenolic OH excluding ortho intramolecular Hbond substituents is 1. The first kappa shape index (κ1) is 94.3. The average Bonchev–Trinajstić information content (AvgIpc) is 0.973. The summed E-state index contributed by atoms with van der Waals surface area (Å²) in [7, 11) is 0. The van der Waals surface area contributed by atoms with Crippen molar-refractivity contribution >= 4 is 105 Å². The number of carbonyl (C=O) groups excluding carboxylic acids is 5. The van der Waals surface area contributed by atoms with Gasteiger partial charge in [-0.3, -0.25) is 19.4 Å². The Balaban J connectivity index is 0.00000161. The number of piperidine rings is 1. The molecule has 2 aromatic heterocycles. The molecule has 32 heteroatoms. The highest BCUT2D eigenvalue weighted by Gasteiger charge is 2.56. The molecule has 6 heterocycles. The number of aromatic hydroxyl groups is 1. The Labute approximate surface area is 620 Å². The maximum absolute atomic E-state index is 14.7. The Hall–Kier alpha value is -7.67. The first-order valence-corrected chi connectivity index (χ1v) is 33.3. The summed E-state index contributed by atoms with van der Waals surface area (Å²) in [6, 6.07) is 22.2. The lowest BCUT2D eigenvalue weighted by atomic mass is 9.79. The summed E-state index contributed by atoms with van der Waals surface area (Å²) < 4.78 is 115. The standard InChI is InChI=1S/C33H34F6N4O6S.C15H22N2O3.C14H20N2O3.C4H7BrO2.4CH4.2ClH/c1-2-6-26-31(49-21-17-27(50-20-21)33(37,38)39,10-5-12-43(26)29(46)22-18-40-11-9-23(22)32(34,35)36)30(47)42-15-13-41(14-16-42)24-7-3-4-8-25(24)48-19-28(44)45;1-15(2,3)20-14(19)17-10-8-16(9-11-17)12-6-4-5-7-13(12)18;1-2-18-14(17)11-19-13-6-4-3-5-12(13)16-9-7-15-8-10-16;1-2-7-4(6)3-5;;;;;;/h3-4,7-9,11,17-18,20,26H,2,5-6,10,12-16,19H2,1H3,(H,44,45);4-7,18H,8-11H2,1-3H3;3-6,15H,2,7-11H2,1H3;2-3H2,1H3;4*1H4;2*1H/t26-,31+;;;;;;;;;/m1........./s1. The van der Waals surface area contributed by atoms with Crippen molar-refractivity contribution in [2.45, 2.75) is 127 Å². The summed E-state index contributed by atoms with van der Waals surface area (Å²) in [6.45, 7) is 18.3. The van der Waals surface area contributed by atoms with Crippen molar-refractivity contribution in [1.82, 2.24) is 25.0 Å². The van der Waals surface area contributed by atoms with E-state index in [-0.39, 0.29) is 143 Å². The summed E-state index contributed by atoms with van der Waals surface area (Å²) in [5, 5.41) is 23.6. The van der Waals surface area contributed by atoms with E-state index in [0.29, 0.717) is 80.0 Å². The van der Waals surface area contributed by atoms with Crippen LogP contribution in [0.5, 0.6) is 23.0 Å². The number of piperazine rings is 3. The van der Waals surface area contributed by atoms with Crippen molar-refractivity contribution in [2.24, 2.45) is 0 Å². The number of ether oxygens (including phenoxy) is 6. The van der Waals surface area contributed by atoms with Crippen LogP contribution in [0, 0.1) is 0 Å². The van der Waals surface area contributed by atoms with E-state index in [4.69, 9.17) is 28.8 Å². The summed E-state index contributed by atoms with van der Waals surface area (Å²) in [5.41, 5.74) is -1.86. The van der Waals surface area contributed by atoms with Crippen molar-refractivity contribution in [3.05, 3.63) is 119 Å². The zero-order valence-corrected chi connectivity index (χ0v) is 59.3. The van der Waals surface area contributed by atoms with Gasteiger partial charge in [0.05, 0.1) is 47.4 Å². The van der Waals surface area contributed by atoms with Crippen molar-refractivity contribution in [2.75, 3.05) is 132 Å². The number of aromatic nitrogens is 1. The number of aliphatic carboxylic acids is 1. The second kappa shape index (κ2) is 44.8. The monoisotopic (exact) mass is 1570 g/mol. The van der Waals surface area contributed by atoms with Gasteiger partial charge in [0, 0.05) is 115 Å². The molecule has 3 amide bonds. The van der Waals surface area contributed by atoms with Crippen LogP contribution in [0.15, 0.2) is 103 Å². The number of thiophene rings is 1. The number of para-hydroxylation sites is 6. The number of likely N-dealkylation sites (tertiary alicyclic amines) is 1. The number of hydrogen-bond donors (Lipinski definition) is 3. The van der Waals surface area contributed by atoms with Crippen molar-refractivity contribution < 1.29 is 93.7 Å². The zero-order chi connectivity index (χ0) is 70.2. The van der Waals surface area contributed by atoms with E-state index in [0.717, 1.165) is 67.1 Å². The molecule has 0 bridgehead atoms. The molecule has 0 spiro atoms. The Kier molecular flexibility index (Phi) is 41.4. The fourth-order valence-electron chi connectivity index (χ4n) is 11.0. The highest BCUT2D eigenvalue weighted by Crippen LogP contribution is 2.43. The maximum Gasteiger partial charge on any atom is 0.425 e. The number of rotatable bonds is 18. The van der Waals surface area contributed by atoms with Crippen molar-refractivity contribution in [3.63, 3.8) is 0 Å². The van der Waals surface area contributed by atoms with Gasteiger partial charge in [0.25, 0.3) is 11.8 Å². The van der Waals surface area contributed by atoms with Crippen LogP contribution in [0.2, 0.25) is 0 Å². The minimum Gasteiger partial charge on any atom is -0.506 e. The van der Waals surface area contributed by atoms with Gasteiger partial charge in [-0.05, 0) is 89.9 Å². The van der Waals surface area contributed by atoms with Gasteiger partial charge in [-0.1, -0.05) is 95.4 Å². The van der Waals surface area contributed by atoms with Crippen LogP contribution in [-0.2, 0) is 45.7 Å². The van der Waals surface area contributed by atoms with Crippen LogP contribution in [0.1, 0.15) is 118 Å². The summed E-state index contributed by atoms with van der Waals surface area (Å²) >= 11 is 3.32.